The Morgan fingerprint density at radius 1 is 1.15 bits per heavy atom. The number of fused-ring (bicyclic) bond motifs is 1. The predicted molar refractivity (Wildman–Crippen MR) is 99.4 cm³/mol. The maximum Gasteiger partial charge on any atom is 0.251 e. The molecule has 3 amide bonds. The minimum absolute atomic E-state index is 0.225. The highest BCUT2D eigenvalue weighted by molar-refractivity contribution is 6.03. The molecular weight excluding hydrogens is 344 g/mol. The van der Waals surface area contributed by atoms with Gasteiger partial charge < -0.3 is 5.32 Å². The van der Waals surface area contributed by atoms with Crippen LogP contribution < -0.4 is 10.6 Å². The summed E-state index contributed by atoms with van der Waals surface area (Å²) in [5, 5.41) is 4.91. The van der Waals surface area contributed by atoms with E-state index in [2.05, 4.69) is 15.6 Å². The first-order chi connectivity index (χ1) is 13.0. The van der Waals surface area contributed by atoms with Crippen molar-refractivity contribution < 1.29 is 14.4 Å². The summed E-state index contributed by atoms with van der Waals surface area (Å²) in [4.78, 5) is 40.0. The summed E-state index contributed by atoms with van der Waals surface area (Å²) in [6, 6.07) is 14.3. The van der Waals surface area contributed by atoms with E-state index in [1.54, 1.807) is 12.1 Å². The molecule has 1 atom stereocenters. The number of carbonyl (C=O) groups excluding carboxylic acids is 3. The van der Waals surface area contributed by atoms with Gasteiger partial charge in [0.2, 0.25) is 11.8 Å². The van der Waals surface area contributed by atoms with Gasteiger partial charge in [0.25, 0.3) is 5.91 Å². The van der Waals surface area contributed by atoms with Crippen LogP contribution in [0.25, 0.3) is 16.7 Å². The number of amides is 3. The molecule has 136 valence electrons. The van der Waals surface area contributed by atoms with E-state index in [1.807, 2.05) is 47.9 Å². The number of hydrogen-bond acceptors (Lipinski definition) is 4. The van der Waals surface area contributed by atoms with Gasteiger partial charge >= 0.3 is 0 Å². The third-order valence-electron chi connectivity index (χ3n) is 4.66. The van der Waals surface area contributed by atoms with Gasteiger partial charge in [0.1, 0.15) is 11.9 Å². The van der Waals surface area contributed by atoms with Crippen LogP contribution in [0.2, 0.25) is 0 Å². The molecule has 0 aliphatic carbocycles. The zero-order chi connectivity index (χ0) is 19.0. The molecule has 2 aromatic carbocycles. The topological polar surface area (TPSA) is 93.1 Å². The fourth-order valence-electron chi connectivity index (χ4n) is 3.31. The number of carbonyl (C=O) groups is 3. The number of hydrogen-bond donors (Lipinski definition) is 2. The van der Waals surface area contributed by atoms with Gasteiger partial charge in [-0.15, -0.1) is 0 Å². The van der Waals surface area contributed by atoms with E-state index >= 15 is 0 Å². The molecule has 4 rings (SSSR count). The molecule has 0 bridgehead atoms. The van der Waals surface area contributed by atoms with Crippen LogP contribution in [0.1, 0.15) is 29.0 Å². The Morgan fingerprint density at radius 2 is 1.89 bits per heavy atom. The average Bonchev–Trinajstić information content (AvgIpc) is 3.00. The summed E-state index contributed by atoms with van der Waals surface area (Å²) in [5.41, 5.74) is 3.26. The second kappa shape index (κ2) is 6.68. The Kier molecular flexibility index (Phi) is 4.19. The fourth-order valence-corrected chi connectivity index (χ4v) is 3.31. The van der Waals surface area contributed by atoms with Gasteiger partial charge in [0, 0.05) is 17.7 Å². The number of aryl methyl sites for hydroxylation is 1. The van der Waals surface area contributed by atoms with Crippen LogP contribution in [0.3, 0.4) is 0 Å². The smallest absolute Gasteiger partial charge is 0.251 e. The molecule has 1 fully saturated rings. The number of piperidine rings is 1. The lowest BCUT2D eigenvalue weighted by atomic mass is 10.1. The van der Waals surface area contributed by atoms with Crippen molar-refractivity contribution in [2.24, 2.45) is 0 Å². The summed E-state index contributed by atoms with van der Waals surface area (Å²) < 4.78 is 2.03. The predicted octanol–water partition coefficient (Wildman–Crippen LogP) is 1.87. The van der Waals surface area contributed by atoms with Crippen LogP contribution in [-0.4, -0.2) is 33.3 Å². The fraction of sp³-hybridized carbons (Fsp3) is 0.200. The van der Waals surface area contributed by atoms with Crippen LogP contribution in [0.4, 0.5) is 0 Å². The number of aromatic nitrogens is 2. The minimum Gasteiger partial charge on any atom is -0.340 e. The van der Waals surface area contributed by atoms with Gasteiger partial charge in [0.15, 0.2) is 0 Å². The van der Waals surface area contributed by atoms with Gasteiger partial charge in [-0.2, -0.15) is 0 Å². The zero-order valence-electron chi connectivity index (χ0n) is 14.7. The average molecular weight is 362 g/mol. The molecule has 2 heterocycles. The van der Waals surface area contributed by atoms with Crippen LogP contribution in [0, 0.1) is 6.92 Å². The number of imidazole rings is 1. The molecule has 1 aliphatic heterocycles. The maximum absolute atomic E-state index is 12.4. The van der Waals surface area contributed by atoms with Gasteiger partial charge in [-0.25, -0.2) is 4.98 Å². The van der Waals surface area contributed by atoms with E-state index in [1.165, 1.54) is 0 Å². The Bertz CT molecular complexity index is 1050. The van der Waals surface area contributed by atoms with Crippen molar-refractivity contribution in [3.8, 4) is 5.69 Å². The second-order valence-electron chi connectivity index (χ2n) is 6.51. The molecule has 0 saturated carbocycles. The number of nitrogens with zero attached hydrogens (tertiary/aromatic N) is 2. The second-order valence-corrected chi connectivity index (χ2v) is 6.51. The van der Waals surface area contributed by atoms with Crippen molar-refractivity contribution >= 4 is 28.8 Å². The van der Waals surface area contributed by atoms with Gasteiger partial charge in [0.05, 0.1) is 11.0 Å². The number of benzene rings is 2. The van der Waals surface area contributed by atoms with E-state index in [4.69, 9.17) is 0 Å². The molecule has 0 radical (unpaired) electrons. The van der Waals surface area contributed by atoms with Crippen LogP contribution in [0.5, 0.6) is 0 Å². The van der Waals surface area contributed by atoms with Crippen molar-refractivity contribution in [2.45, 2.75) is 25.8 Å². The molecule has 1 unspecified atom stereocenters. The summed E-state index contributed by atoms with van der Waals surface area (Å²) >= 11 is 0. The van der Waals surface area contributed by atoms with E-state index < -0.39 is 11.9 Å². The first kappa shape index (κ1) is 17.0. The van der Waals surface area contributed by atoms with Crippen molar-refractivity contribution in [1.82, 2.24) is 20.2 Å². The van der Waals surface area contributed by atoms with E-state index in [9.17, 15) is 14.4 Å². The molecule has 3 aromatic rings. The Balaban J connectivity index is 1.55. The highest BCUT2D eigenvalue weighted by atomic mass is 16.2. The summed E-state index contributed by atoms with van der Waals surface area (Å²) in [6.45, 7) is 1.93. The van der Waals surface area contributed by atoms with Crippen LogP contribution >= 0.6 is 0 Å². The Hall–Kier alpha value is -3.48. The largest absolute Gasteiger partial charge is 0.340 e. The van der Waals surface area contributed by atoms with Crippen LogP contribution in [0.15, 0.2) is 48.5 Å². The molecule has 7 heteroatoms. The van der Waals surface area contributed by atoms with Gasteiger partial charge in [-0.3, -0.25) is 24.3 Å². The molecule has 7 nitrogen and oxygen atoms in total. The SMILES string of the molecule is Cc1nc2ccccc2n1-c1ccc(C(=O)NC2CCC(=O)NC2=O)cc1. The zero-order valence-corrected chi connectivity index (χ0v) is 14.7. The number of para-hydroxylation sites is 2. The Labute approximate surface area is 155 Å². The maximum atomic E-state index is 12.4. The van der Waals surface area contributed by atoms with E-state index in [0.717, 1.165) is 22.5 Å². The molecule has 2 N–H and O–H groups in total. The lowest BCUT2D eigenvalue weighted by Gasteiger charge is -2.21. The highest BCUT2D eigenvalue weighted by Gasteiger charge is 2.28. The normalized spacial score (nSPS) is 17.0. The third-order valence-corrected chi connectivity index (χ3v) is 4.66. The molecule has 1 aliphatic rings. The van der Waals surface area contributed by atoms with Crippen LogP contribution in [-0.2, 0) is 9.59 Å². The standard InChI is InChI=1S/C20H18N4O3/c1-12-21-15-4-2-3-5-17(15)24(12)14-8-6-13(7-9-14)19(26)22-16-10-11-18(25)23-20(16)27/h2-9,16H,10-11H2,1H3,(H,22,26)(H,23,25,27). The van der Waals surface area contributed by atoms with E-state index in [0.29, 0.717) is 12.0 Å². The monoisotopic (exact) mass is 362 g/mol. The number of imide groups is 1. The summed E-state index contributed by atoms with van der Waals surface area (Å²) in [7, 11) is 0. The minimum atomic E-state index is -0.685. The first-order valence-corrected chi connectivity index (χ1v) is 8.72. The first-order valence-electron chi connectivity index (χ1n) is 8.72. The summed E-state index contributed by atoms with van der Waals surface area (Å²) in [5.74, 6) is -0.255. The lowest BCUT2D eigenvalue weighted by molar-refractivity contribution is -0.134. The summed E-state index contributed by atoms with van der Waals surface area (Å²) in [6.07, 6.45) is 0.539. The molecule has 1 aromatic heterocycles. The van der Waals surface area contributed by atoms with Crippen molar-refractivity contribution in [1.29, 1.82) is 0 Å². The molecule has 1 saturated heterocycles. The van der Waals surface area contributed by atoms with Crippen molar-refractivity contribution in [3.05, 3.63) is 59.9 Å². The lowest BCUT2D eigenvalue weighted by Crippen LogP contribution is -2.52. The molecule has 0 spiro atoms. The van der Waals surface area contributed by atoms with Crippen molar-refractivity contribution in [2.75, 3.05) is 0 Å². The molecule has 27 heavy (non-hydrogen) atoms. The number of rotatable bonds is 3. The third kappa shape index (κ3) is 3.19. The van der Waals surface area contributed by atoms with E-state index in [-0.39, 0.29) is 18.2 Å². The van der Waals surface area contributed by atoms with Gasteiger partial charge in [-0.05, 0) is 49.7 Å². The molecular formula is C20H18N4O3. The highest BCUT2D eigenvalue weighted by Crippen LogP contribution is 2.21. The van der Waals surface area contributed by atoms with Gasteiger partial charge in [-0.1, -0.05) is 12.1 Å². The quantitative estimate of drug-likeness (QED) is 0.696. The Morgan fingerprint density at radius 3 is 2.63 bits per heavy atom. The number of nitrogens with one attached hydrogen (secondary N) is 2. The van der Waals surface area contributed by atoms with Crippen molar-refractivity contribution in [3.63, 3.8) is 0 Å².